The molecule has 0 aliphatic heterocycles. The molecular formula is C23H28FN5O2S. The number of H-pyrrole nitrogens is 1. The smallest absolute Gasteiger partial charge is 0.221 e. The average molecular weight is 458 g/mol. The molecule has 0 atom stereocenters. The van der Waals surface area contributed by atoms with Crippen LogP contribution >= 0.6 is 12.2 Å². The summed E-state index contributed by atoms with van der Waals surface area (Å²) in [6, 6.07) is 14.2. The van der Waals surface area contributed by atoms with Crippen molar-refractivity contribution in [3.05, 3.63) is 59.1 Å². The molecule has 1 aromatic heterocycles. The molecule has 1 heterocycles. The van der Waals surface area contributed by atoms with Crippen molar-refractivity contribution in [1.82, 2.24) is 20.1 Å². The number of amides is 1. The zero-order valence-electron chi connectivity index (χ0n) is 18.3. The second-order valence-corrected chi connectivity index (χ2v) is 7.67. The predicted octanol–water partition coefficient (Wildman–Crippen LogP) is 4.18. The van der Waals surface area contributed by atoms with E-state index in [1.165, 1.54) is 6.07 Å². The molecule has 0 bridgehead atoms. The quantitative estimate of drug-likeness (QED) is 0.334. The summed E-state index contributed by atoms with van der Waals surface area (Å²) in [5.74, 6) is 1.15. The van der Waals surface area contributed by atoms with Crippen LogP contribution in [0.15, 0.2) is 48.5 Å². The van der Waals surface area contributed by atoms with E-state index >= 15 is 0 Å². The normalized spacial score (nSPS) is 10.7. The van der Waals surface area contributed by atoms with Crippen LogP contribution in [-0.2, 0) is 11.3 Å². The van der Waals surface area contributed by atoms with Crippen LogP contribution in [0.25, 0.3) is 11.4 Å². The van der Waals surface area contributed by atoms with Crippen LogP contribution in [0.1, 0.15) is 19.8 Å². The highest BCUT2D eigenvalue weighted by atomic mass is 32.1. The Balaban J connectivity index is 1.47. The molecule has 3 rings (SSSR count). The third kappa shape index (κ3) is 6.16. The molecule has 9 heteroatoms. The van der Waals surface area contributed by atoms with Crippen molar-refractivity contribution in [2.24, 2.45) is 0 Å². The van der Waals surface area contributed by atoms with Gasteiger partial charge in [0.05, 0.1) is 12.3 Å². The Hall–Kier alpha value is -3.20. The molecule has 1 amide bonds. The minimum absolute atomic E-state index is 0.0701. The molecule has 0 saturated heterocycles. The Morgan fingerprint density at radius 1 is 1.25 bits per heavy atom. The lowest BCUT2D eigenvalue weighted by Crippen LogP contribution is -2.29. The third-order valence-corrected chi connectivity index (χ3v) is 5.31. The molecule has 0 spiro atoms. The van der Waals surface area contributed by atoms with Crippen LogP contribution < -0.4 is 15.0 Å². The SMILES string of the molecule is CCOc1ccc(-c2n[nH]c(=S)n2CCC(=O)NCCCN(C)c2ccccc2F)cc1. The lowest BCUT2D eigenvalue weighted by atomic mass is 10.2. The van der Waals surface area contributed by atoms with Crippen LogP contribution in [0.2, 0.25) is 0 Å². The van der Waals surface area contributed by atoms with E-state index < -0.39 is 0 Å². The molecule has 0 aliphatic carbocycles. The minimum atomic E-state index is -0.251. The fourth-order valence-corrected chi connectivity index (χ4v) is 3.56. The van der Waals surface area contributed by atoms with E-state index in [2.05, 4.69) is 15.5 Å². The third-order valence-electron chi connectivity index (χ3n) is 5.00. The van der Waals surface area contributed by atoms with Gasteiger partial charge in [-0.1, -0.05) is 12.1 Å². The van der Waals surface area contributed by atoms with Gasteiger partial charge in [0.2, 0.25) is 5.91 Å². The van der Waals surface area contributed by atoms with E-state index in [0.29, 0.717) is 48.9 Å². The van der Waals surface area contributed by atoms with Crippen molar-refractivity contribution in [1.29, 1.82) is 0 Å². The number of halogens is 1. The van der Waals surface area contributed by atoms with Crippen molar-refractivity contribution in [2.45, 2.75) is 26.3 Å². The van der Waals surface area contributed by atoms with Gasteiger partial charge in [-0.3, -0.25) is 14.5 Å². The van der Waals surface area contributed by atoms with Crippen molar-refractivity contribution >= 4 is 23.8 Å². The van der Waals surface area contributed by atoms with Gasteiger partial charge in [0, 0.05) is 38.7 Å². The van der Waals surface area contributed by atoms with E-state index in [1.54, 1.807) is 18.2 Å². The number of carbonyl (C=O) groups is 1. The summed E-state index contributed by atoms with van der Waals surface area (Å²) in [5.41, 5.74) is 1.44. The lowest BCUT2D eigenvalue weighted by Gasteiger charge is -2.19. The van der Waals surface area contributed by atoms with Crippen LogP contribution in [0, 0.1) is 10.6 Å². The van der Waals surface area contributed by atoms with Gasteiger partial charge in [0.15, 0.2) is 10.6 Å². The average Bonchev–Trinajstić information content (AvgIpc) is 3.16. The first kappa shape index (κ1) is 23.5. The second kappa shape index (κ2) is 11.4. The molecule has 170 valence electrons. The van der Waals surface area contributed by atoms with E-state index in [1.807, 2.05) is 47.7 Å². The highest BCUT2D eigenvalue weighted by molar-refractivity contribution is 7.71. The Bertz CT molecular complexity index is 1080. The Morgan fingerprint density at radius 3 is 2.72 bits per heavy atom. The number of nitrogens with zero attached hydrogens (tertiary/aromatic N) is 3. The van der Waals surface area contributed by atoms with E-state index in [9.17, 15) is 9.18 Å². The van der Waals surface area contributed by atoms with Crippen molar-refractivity contribution in [3.63, 3.8) is 0 Å². The standard InChI is InChI=1S/C23H28FN5O2S/c1-3-31-18-11-9-17(10-12-18)22-26-27-23(32)29(22)16-13-21(30)25-14-6-15-28(2)20-8-5-4-7-19(20)24/h4-5,7-12H,3,6,13-16H2,1-2H3,(H,25,30)(H,27,32). The predicted molar refractivity (Wildman–Crippen MR) is 126 cm³/mol. The fourth-order valence-electron chi connectivity index (χ4n) is 3.34. The maximum absolute atomic E-state index is 13.8. The summed E-state index contributed by atoms with van der Waals surface area (Å²) < 4.78 is 21.6. The molecule has 2 N–H and O–H groups in total. The molecule has 2 aromatic carbocycles. The number of aromatic nitrogens is 3. The lowest BCUT2D eigenvalue weighted by molar-refractivity contribution is -0.121. The zero-order valence-corrected chi connectivity index (χ0v) is 19.1. The summed E-state index contributed by atoms with van der Waals surface area (Å²) in [6.07, 6.45) is 0.986. The van der Waals surface area contributed by atoms with Crippen LogP contribution in [-0.4, -0.2) is 47.4 Å². The van der Waals surface area contributed by atoms with Gasteiger partial charge < -0.3 is 15.0 Å². The molecule has 32 heavy (non-hydrogen) atoms. The maximum Gasteiger partial charge on any atom is 0.221 e. The molecule has 0 radical (unpaired) electrons. The van der Waals surface area contributed by atoms with E-state index in [0.717, 1.165) is 11.3 Å². The van der Waals surface area contributed by atoms with E-state index in [-0.39, 0.29) is 18.1 Å². The molecular weight excluding hydrogens is 429 g/mol. The zero-order chi connectivity index (χ0) is 22.9. The fraction of sp³-hybridized carbons (Fsp3) is 0.348. The number of ether oxygens (including phenoxy) is 1. The van der Waals surface area contributed by atoms with E-state index in [4.69, 9.17) is 17.0 Å². The summed E-state index contributed by atoms with van der Waals surface area (Å²) in [6.45, 7) is 4.10. The second-order valence-electron chi connectivity index (χ2n) is 7.29. The number of anilines is 1. The number of rotatable bonds is 11. The summed E-state index contributed by atoms with van der Waals surface area (Å²) >= 11 is 5.34. The molecule has 7 nitrogen and oxygen atoms in total. The minimum Gasteiger partial charge on any atom is -0.494 e. The Morgan fingerprint density at radius 2 is 2.00 bits per heavy atom. The van der Waals surface area contributed by atoms with Crippen molar-refractivity contribution in [3.8, 4) is 17.1 Å². The van der Waals surface area contributed by atoms with Crippen molar-refractivity contribution < 1.29 is 13.9 Å². The van der Waals surface area contributed by atoms with Crippen LogP contribution in [0.5, 0.6) is 5.75 Å². The summed E-state index contributed by atoms with van der Waals surface area (Å²) in [5, 5.41) is 10.0. The van der Waals surface area contributed by atoms with Gasteiger partial charge in [0.1, 0.15) is 11.6 Å². The first-order chi connectivity index (χ1) is 15.5. The largest absolute Gasteiger partial charge is 0.494 e. The molecule has 3 aromatic rings. The topological polar surface area (TPSA) is 75.2 Å². The monoisotopic (exact) mass is 457 g/mol. The number of benzene rings is 2. The van der Waals surface area contributed by atoms with Crippen LogP contribution in [0.4, 0.5) is 10.1 Å². The number of carbonyl (C=O) groups excluding carboxylic acids is 1. The van der Waals surface area contributed by atoms with Gasteiger partial charge in [-0.05, 0) is 62.0 Å². The van der Waals surface area contributed by atoms with Crippen LogP contribution in [0.3, 0.4) is 0 Å². The van der Waals surface area contributed by atoms with Gasteiger partial charge >= 0.3 is 0 Å². The number of hydrogen-bond acceptors (Lipinski definition) is 5. The van der Waals surface area contributed by atoms with Gasteiger partial charge in [-0.25, -0.2) is 4.39 Å². The maximum atomic E-state index is 13.8. The van der Waals surface area contributed by atoms with Crippen molar-refractivity contribution in [2.75, 3.05) is 31.6 Å². The summed E-state index contributed by atoms with van der Waals surface area (Å²) in [4.78, 5) is 14.1. The van der Waals surface area contributed by atoms with Gasteiger partial charge in [-0.2, -0.15) is 5.10 Å². The van der Waals surface area contributed by atoms with Gasteiger partial charge in [-0.15, -0.1) is 0 Å². The first-order valence-corrected chi connectivity index (χ1v) is 11.0. The Kier molecular flexibility index (Phi) is 8.38. The number of aromatic amines is 1. The Labute approximate surface area is 192 Å². The molecule has 0 saturated carbocycles. The first-order valence-electron chi connectivity index (χ1n) is 10.6. The highest BCUT2D eigenvalue weighted by Crippen LogP contribution is 2.21. The summed E-state index contributed by atoms with van der Waals surface area (Å²) in [7, 11) is 1.84. The molecule has 0 fully saturated rings. The number of nitrogens with one attached hydrogen (secondary N) is 2. The molecule has 0 aliphatic rings. The molecule has 0 unspecified atom stereocenters. The van der Waals surface area contributed by atoms with Gasteiger partial charge in [0.25, 0.3) is 0 Å². The number of para-hydroxylation sites is 1. The number of hydrogen-bond donors (Lipinski definition) is 2. The highest BCUT2D eigenvalue weighted by Gasteiger charge is 2.11.